The van der Waals surface area contributed by atoms with Crippen LogP contribution in [0.25, 0.3) is 0 Å². The second kappa shape index (κ2) is 13.6. The summed E-state index contributed by atoms with van der Waals surface area (Å²) in [7, 11) is 0. The molecule has 0 spiro atoms. The minimum absolute atomic E-state index is 0.0483. The Hall–Kier alpha value is -1.06. The molecule has 1 aliphatic rings. The molecule has 0 N–H and O–H groups in total. The lowest BCUT2D eigenvalue weighted by Crippen LogP contribution is -2.08. The molecule has 1 aliphatic heterocycles. The van der Waals surface area contributed by atoms with Gasteiger partial charge in [0.05, 0.1) is 12.3 Å². The van der Waals surface area contributed by atoms with Gasteiger partial charge in [-0.2, -0.15) is 0 Å². The number of nitrogens with zero attached hydrogens (tertiary/aromatic N) is 1. The van der Waals surface area contributed by atoms with E-state index in [1.54, 1.807) is 0 Å². The topological polar surface area (TPSA) is 47.9 Å². The van der Waals surface area contributed by atoms with Crippen molar-refractivity contribution in [3.63, 3.8) is 0 Å². The maximum absolute atomic E-state index is 11.6. The molecule has 0 atom stereocenters. The molecule has 0 aromatic carbocycles. The minimum atomic E-state index is -0.0483. The van der Waals surface area contributed by atoms with Crippen LogP contribution in [0.2, 0.25) is 0 Å². The van der Waals surface area contributed by atoms with Gasteiger partial charge in [0.15, 0.2) is 0 Å². The maximum Gasteiger partial charge on any atom is 0.305 e. The van der Waals surface area contributed by atoms with Crippen LogP contribution in [-0.2, 0) is 14.4 Å². The molecule has 0 radical (unpaired) electrons. The first-order chi connectivity index (χ1) is 10.8. The Bertz CT molecular complexity index is 315. The van der Waals surface area contributed by atoms with Gasteiger partial charge >= 0.3 is 5.97 Å². The second-order valence-corrected chi connectivity index (χ2v) is 6.14. The molecule has 1 saturated heterocycles. The highest BCUT2D eigenvalue weighted by Crippen LogP contribution is 2.13. The summed E-state index contributed by atoms with van der Waals surface area (Å²) in [6.07, 6.45) is 14.0. The predicted molar refractivity (Wildman–Crippen MR) is 90.0 cm³/mol. The molecule has 4 heteroatoms. The van der Waals surface area contributed by atoms with E-state index in [9.17, 15) is 4.79 Å². The molecule has 128 valence electrons. The zero-order valence-electron chi connectivity index (χ0n) is 14.3. The molecule has 0 aromatic heterocycles. The number of carbonyl (C=O) groups excluding carboxylic acids is 1. The van der Waals surface area contributed by atoms with Crippen molar-refractivity contribution in [1.82, 2.24) is 0 Å². The van der Waals surface area contributed by atoms with Gasteiger partial charge in [-0.15, -0.1) is 0 Å². The van der Waals surface area contributed by atoms with Crippen LogP contribution in [0, 0.1) is 0 Å². The lowest BCUT2D eigenvalue weighted by Gasteiger charge is -2.09. The highest BCUT2D eigenvalue weighted by Gasteiger charge is 2.06. The Morgan fingerprint density at radius 1 is 0.909 bits per heavy atom. The molecular formula is C18H33NO3. The van der Waals surface area contributed by atoms with Crippen LogP contribution in [0.15, 0.2) is 5.16 Å². The minimum Gasteiger partial charge on any atom is -0.466 e. The van der Waals surface area contributed by atoms with Gasteiger partial charge < -0.3 is 9.57 Å². The average molecular weight is 311 g/mol. The maximum atomic E-state index is 11.6. The molecule has 1 fully saturated rings. The van der Waals surface area contributed by atoms with E-state index >= 15 is 0 Å². The molecular weight excluding hydrogens is 278 g/mol. The van der Waals surface area contributed by atoms with E-state index < -0.39 is 0 Å². The summed E-state index contributed by atoms with van der Waals surface area (Å²) in [5.41, 5.74) is 1.12. The van der Waals surface area contributed by atoms with Crippen molar-refractivity contribution in [2.45, 2.75) is 90.4 Å². The van der Waals surface area contributed by atoms with Gasteiger partial charge in [-0.1, -0.05) is 50.6 Å². The van der Waals surface area contributed by atoms with Crippen molar-refractivity contribution < 1.29 is 14.4 Å². The number of oxime groups is 1. The summed E-state index contributed by atoms with van der Waals surface area (Å²) < 4.78 is 5.28. The monoisotopic (exact) mass is 311 g/mol. The quantitative estimate of drug-likeness (QED) is 0.418. The Kier molecular flexibility index (Phi) is 11.7. The predicted octanol–water partition coefficient (Wildman–Crippen LogP) is 5.01. The van der Waals surface area contributed by atoms with Crippen LogP contribution < -0.4 is 0 Å². The molecule has 1 rings (SSSR count). The van der Waals surface area contributed by atoms with Crippen molar-refractivity contribution in [2.75, 3.05) is 13.2 Å². The van der Waals surface area contributed by atoms with Gasteiger partial charge in [0.2, 0.25) is 0 Å². The zero-order chi connectivity index (χ0) is 15.9. The fraction of sp³-hybridized carbons (Fsp3) is 0.889. The number of rotatable bonds is 3. The van der Waals surface area contributed by atoms with Crippen molar-refractivity contribution in [3.8, 4) is 0 Å². The van der Waals surface area contributed by atoms with Gasteiger partial charge in [-0.3, -0.25) is 4.79 Å². The zero-order valence-corrected chi connectivity index (χ0v) is 14.3. The standard InChI is InChI=1S/C18H33NO3/c1-2-15-22-19-17-12-9-7-5-3-4-6-8-10-14-18(20)21-16-11-13-17/h2-16H2,1H3/b19-17+. The molecule has 0 bridgehead atoms. The van der Waals surface area contributed by atoms with Crippen molar-refractivity contribution in [3.05, 3.63) is 0 Å². The van der Waals surface area contributed by atoms with Crippen LogP contribution in [0.3, 0.4) is 0 Å². The highest BCUT2D eigenvalue weighted by molar-refractivity contribution is 5.83. The van der Waals surface area contributed by atoms with E-state index in [0.29, 0.717) is 19.6 Å². The van der Waals surface area contributed by atoms with Gasteiger partial charge in [0.25, 0.3) is 0 Å². The molecule has 22 heavy (non-hydrogen) atoms. The van der Waals surface area contributed by atoms with Crippen LogP contribution in [0.4, 0.5) is 0 Å². The summed E-state index contributed by atoms with van der Waals surface area (Å²) in [4.78, 5) is 16.9. The van der Waals surface area contributed by atoms with E-state index in [1.165, 1.54) is 38.5 Å². The lowest BCUT2D eigenvalue weighted by molar-refractivity contribution is -0.143. The Balaban J connectivity index is 2.37. The second-order valence-electron chi connectivity index (χ2n) is 6.14. The highest BCUT2D eigenvalue weighted by atomic mass is 16.6. The molecule has 1 heterocycles. The van der Waals surface area contributed by atoms with Crippen molar-refractivity contribution in [1.29, 1.82) is 0 Å². The van der Waals surface area contributed by atoms with E-state index in [1.807, 2.05) is 0 Å². The summed E-state index contributed by atoms with van der Waals surface area (Å²) >= 11 is 0. The Morgan fingerprint density at radius 2 is 1.50 bits per heavy atom. The third-order valence-corrected chi connectivity index (χ3v) is 3.96. The number of cyclic esters (lactones) is 1. The number of hydrogen-bond donors (Lipinski definition) is 0. The molecule has 0 saturated carbocycles. The van der Waals surface area contributed by atoms with Crippen LogP contribution in [0.1, 0.15) is 90.4 Å². The smallest absolute Gasteiger partial charge is 0.305 e. The molecule has 0 unspecified atom stereocenters. The molecule has 0 amide bonds. The van der Waals surface area contributed by atoms with E-state index in [0.717, 1.165) is 44.2 Å². The SMILES string of the molecule is CCCO/N=C1\CCCCCCCCCCC(=O)OCCC1. The summed E-state index contributed by atoms with van der Waals surface area (Å²) in [5, 5.41) is 4.27. The largest absolute Gasteiger partial charge is 0.466 e. The van der Waals surface area contributed by atoms with Crippen LogP contribution in [-0.4, -0.2) is 24.9 Å². The van der Waals surface area contributed by atoms with Crippen molar-refractivity contribution in [2.24, 2.45) is 5.16 Å². The normalized spacial score (nSPS) is 22.2. The summed E-state index contributed by atoms with van der Waals surface area (Å²) in [6.45, 7) is 3.27. The van der Waals surface area contributed by atoms with Gasteiger partial charge in [0.1, 0.15) is 6.61 Å². The average Bonchev–Trinajstić information content (AvgIpc) is 2.51. The first kappa shape index (κ1) is 19.0. The van der Waals surface area contributed by atoms with Crippen molar-refractivity contribution >= 4 is 11.7 Å². The fourth-order valence-corrected chi connectivity index (χ4v) is 2.64. The Morgan fingerprint density at radius 3 is 2.18 bits per heavy atom. The fourth-order valence-electron chi connectivity index (χ4n) is 2.64. The van der Waals surface area contributed by atoms with E-state index in [2.05, 4.69) is 12.1 Å². The molecule has 0 aliphatic carbocycles. The van der Waals surface area contributed by atoms with Gasteiger partial charge in [-0.05, 0) is 38.5 Å². The number of hydrogen-bond acceptors (Lipinski definition) is 4. The van der Waals surface area contributed by atoms with E-state index in [-0.39, 0.29) is 5.97 Å². The third kappa shape index (κ3) is 10.6. The first-order valence-corrected chi connectivity index (χ1v) is 9.16. The van der Waals surface area contributed by atoms with Crippen LogP contribution >= 0.6 is 0 Å². The number of ether oxygens (including phenoxy) is 1. The summed E-state index contributed by atoms with van der Waals surface area (Å²) in [5.74, 6) is -0.0483. The van der Waals surface area contributed by atoms with Gasteiger partial charge in [0, 0.05) is 6.42 Å². The lowest BCUT2D eigenvalue weighted by atomic mass is 10.0. The van der Waals surface area contributed by atoms with E-state index in [4.69, 9.17) is 9.57 Å². The summed E-state index contributed by atoms with van der Waals surface area (Å²) in [6, 6.07) is 0. The molecule has 0 aromatic rings. The number of carbonyl (C=O) groups is 1. The van der Waals surface area contributed by atoms with Gasteiger partial charge in [-0.25, -0.2) is 0 Å². The Labute approximate surface area is 135 Å². The first-order valence-electron chi connectivity index (χ1n) is 9.16. The number of esters is 1. The molecule has 4 nitrogen and oxygen atoms in total. The third-order valence-electron chi connectivity index (χ3n) is 3.96. The van der Waals surface area contributed by atoms with Crippen LogP contribution in [0.5, 0.6) is 0 Å².